The number of unbranched alkanes of at least 4 members (excludes halogenated alkanes) is 1. The summed E-state index contributed by atoms with van der Waals surface area (Å²) in [5.41, 5.74) is 1.60. The molecule has 3 aromatic rings. The first-order valence-electron chi connectivity index (χ1n) is 13.4. The van der Waals surface area contributed by atoms with Crippen LogP contribution in [0.5, 0.6) is 11.5 Å². The van der Waals surface area contributed by atoms with Gasteiger partial charge in [-0.25, -0.2) is 4.98 Å². The number of rotatable bonds is 11. The smallest absolute Gasteiger partial charge is 0.308 e. The molecule has 0 aliphatic carbocycles. The van der Waals surface area contributed by atoms with Gasteiger partial charge in [0.1, 0.15) is 5.76 Å². The van der Waals surface area contributed by atoms with Gasteiger partial charge in [-0.3, -0.25) is 19.5 Å². The first-order chi connectivity index (χ1) is 18.9. The van der Waals surface area contributed by atoms with Gasteiger partial charge in [0.05, 0.1) is 30.5 Å². The Morgan fingerprint density at radius 3 is 2.74 bits per heavy atom. The molecule has 1 saturated heterocycles. The molecule has 0 spiro atoms. The molecular weight excluding hydrogens is 500 g/mol. The Labute approximate surface area is 227 Å². The van der Waals surface area contributed by atoms with Crippen LogP contribution >= 0.6 is 0 Å². The summed E-state index contributed by atoms with van der Waals surface area (Å²) in [6.07, 6.45) is 7.80. The van der Waals surface area contributed by atoms with Crippen LogP contribution in [0.25, 0.3) is 0 Å². The number of oxazole rings is 1. The van der Waals surface area contributed by atoms with Crippen molar-refractivity contribution in [2.75, 3.05) is 31.3 Å². The van der Waals surface area contributed by atoms with Crippen molar-refractivity contribution < 1.29 is 28.6 Å². The van der Waals surface area contributed by atoms with Gasteiger partial charge in [0.2, 0.25) is 12.7 Å². The number of carbonyl (C=O) groups is 2. The fraction of sp³-hybridized carbons (Fsp3) is 0.448. The van der Waals surface area contributed by atoms with E-state index in [4.69, 9.17) is 13.9 Å². The molecular formula is C29H34N4O6. The number of anilines is 1. The first kappa shape index (κ1) is 26.7. The number of benzene rings is 1. The number of likely N-dealkylation sites (tertiary alicyclic amines) is 1. The zero-order valence-electron chi connectivity index (χ0n) is 22.3. The van der Waals surface area contributed by atoms with Gasteiger partial charge < -0.3 is 23.9 Å². The van der Waals surface area contributed by atoms with E-state index in [0.29, 0.717) is 49.1 Å². The van der Waals surface area contributed by atoms with Gasteiger partial charge in [0.15, 0.2) is 17.4 Å². The van der Waals surface area contributed by atoms with E-state index in [9.17, 15) is 14.7 Å². The van der Waals surface area contributed by atoms with Gasteiger partial charge >= 0.3 is 5.97 Å². The summed E-state index contributed by atoms with van der Waals surface area (Å²) < 4.78 is 16.7. The van der Waals surface area contributed by atoms with Crippen molar-refractivity contribution in [3.05, 3.63) is 66.1 Å². The van der Waals surface area contributed by atoms with Crippen LogP contribution < -0.4 is 14.4 Å². The van der Waals surface area contributed by atoms with Crippen molar-refractivity contribution in [2.45, 2.75) is 51.5 Å². The van der Waals surface area contributed by atoms with Crippen molar-refractivity contribution in [3.63, 3.8) is 0 Å². The summed E-state index contributed by atoms with van der Waals surface area (Å²) in [4.78, 5) is 38.8. The minimum atomic E-state index is -0.892. The van der Waals surface area contributed by atoms with Crippen molar-refractivity contribution in [1.82, 2.24) is 14.9 Å². The largest absolute Gasteiger partial charge is 0.481 e. The predicted molar refractivity (Wildman–Crippen MR) is 143 cm³/mol. The number of hydrogen-bond donors (Lipinski definition) is 1. The average Bonchev–Trinajstić information content (AvgIpc) is 3.66. The number of fused-ring (bicyclic) bond motifs is 1. The molecule has 2 aliphatic heterocycles. The highest BCUT2D eigenvalue weighted by molar-refractivity contribution is 5.94. The molecule has 39 heavy (non-hydrogen) atoms. The molecule has 0 saturated carbocycles. The van der Waals surface area contributed by atoms with Crippen LogP contribution in [0.1, 0.15) is 49.3 Å². The summed E-state index contributed by atoms with van der Waals surface area (Å²) in [6, 6.07) is 8.89. The summed E-state index contributed by atoms with van der Waals surface area (Å²) in [5.74, 6) is 0.504. The van der Waals surface area contributed by atoms with E-state index < -0.39 is 17.9 Å². The lowest BCUT2D eigenvalue weighted by Crippen LogP contribution is -2.44. The Hall–Kier alpha value is -3.92. The highest BCUT2D eigenvalue weighted by atomic mass is 16.7. The second-order valence-electron chi connectivity index (χ2n) is 10.1. The van der Waals surface area contributed by atoms with Crippen LogP contribution in [-0.4, -0.2) is 64.3 Å². The molecule has 3 atom stereocenters. The molecule has 2 aliphatic rings. The number of amides is 1. The molecule has 206 valence electrons. The molecule has 0 unspecified atom stereocenters. The summed E-state index contributed by atoms with van der Waals surface area (Å²) in [5, 5.41) is 10.4. The number of pyridine rings is 1. The van der Waals surface area contributed by atoms with Crippen LogP contribution in [0.2, 0.25) is 0 Å². The lowest BCUT2D eigenvalue weighted by Gasteiger charge is -2.29. The second kappa shape index (κ2) is 11.9. The van der Waals surface area contributed by atoms with Crippen LogP contribution in [0.15, 0.2) is 53.3 Å². The number of hydrogen-bond acceptors (Lipinski definition) is 8. The SMILES string of the molecule is CCCCN(C(=O)CN1C[C@H](c2ccc3c(c2)OCO3)[C@@H](C(=O)O)[C@@H]1CCc1ncc(C)o1)c1cccnc1. The molecule has 1 N–H and O–H groups in total. The normalized spacial score (nSPS) is 20.3. The van der Waals surface area contributed by atoms with E-state index in [2.05, 4.69) is 16.9 Å². The molecule has 0 bridgehead atoms. The predicted octanol–water partition coefficient (Wildman–Crippen LogP) is 4.04. The molecule has 2 aromatic heterocycles. The van der Waals surface area contributed by atoms with Gasteiger partial charge in [-0.05, 0) is 49.6 Å². The van der Waals surface area contributed by atoms with E-state index in [1.54, 1.807) is 23.5 Å². The Morgan fingerprint density at radius 1 is 1.18 bits per heavy atom. The standard InChI is InChI=1S/C29H34N4O6/c1-3-4-12-33(21-6-5-11-30-15-21)27(34)17-32-16-22(20-7-9-24-25(13-20)38-18-37-24)28(29(35)36)23(32)8-10-26-31-14-19(2)39-26/h5-7,9,11,13-15,22-23,28H,3-4,8,10,12,16-18H2,1-2H3,(H,35,36)/t22-,23+,28-/m1/s1. The van der Waals surface area contributed by atoms with E-state index in [1.165, 1.54) is 0 Å². The lowest BCUT2D eigenvalue weighted by atomic mass is 9.83. The van der Waals surface area contributed by atoms with Crippen molar-refractivity contribution in [1.29, 1.82) is 0 Å². The number of ether oxygens (including phenoxy) is 2. The quantitative estimate of drug-likeness (QED) is 0.389. The number of carboxylic acids is 1. The fourth-order valence-corrected chi connectivity index (χ4v) is 5.61. The summed E-state index contributed by atoms with van der Waals surface area (Å²) in [7, 11) is 0. The third-order valence-electron chi connectivity index (χ3n) is 7.51. The van der Waals surface area contributed by atoms with Crippen molar-refractivity contribution >= 4 is 17.6 Å². The van der Waals surface area contributed by atoms with Gasteiger partial charge in [-0.15, -0.1) is 0 Å². The molecule has 5 rings (SSSR count). The molecule has 10 nitrogen and oxygen atoms in total. The molecule has 10 heteroatoms. The van der Waals surface area contributed by atoms with E-state index in [0.717, 1.165) is 24.1 Å². The monoisotopic (exact) mass is 534 g/mol. The number of aliphatic carboxylic acids is 1. The maximum Gasteiger partial charge on any atom is 0.308 e. The van der Waals surface area contributed by atoms with Gasteiger partial charge in [0, 0.05) is 37.7 Å². The Bertz CT molecular complexity index is 1300. The van der Waals surface area contributed by atoms with Crippen LogP contribution in [0, 0.1) is 12.8 Å². The van der Waals surface area contributed by atoms with Crippen LogP contribution in [-0.2, 0) is 16.0 Å². The third kappa shape index (κ3) is 5.90. The maximum atomic E-state index is 13.7. The Morgan fingerprint density at radius 2 is 2.03 bits per heavy atom. The lowest BCUT2D eigenvalue weighted by molar-refractivity contribution is -0.143. The Kier molecular flexibility index (Phi) is 8.11. The molecule has 0 radical (unpaired) electrons. The number of carbonyl (C=O) groups excluding carboxylic acids is 1. The zero-order valence-corrected chi connectivity index (χ0v) is 22.3. The number of aromatic nitrogens is 2. The molecule has 1 amide bonds. The first-order valence-corrected chi connectivity index (χ1v) is 13.4. The highest BCUT2D eigenvalue weighted by Gasteiger charge is 2.47. The molecule has 1 fully saturated rings. The van der Waals surface area contributed by atoms with E-state index >= 15 is 0 Å². The number of aryl methyl sites for hydroxylation is 2. The highest BCUT2D eigenvalue weighted by Crippen LogP contribution is 2.43. The topological polar surface area (TPSA) is 118 Å². The number of carboxylic acid groups (broad SMARTS) is 1. The second-order valence-corrected chi connectivity index (χ2v) is 10.1. The minimum absolute atomic E-state index is 0.0797. The van der Waals surface area contributed by atoms with E-state index in [1.807, 2.05) is 42.2 Å². The molecule has 4 heterocycles. The zero-order chi connectivity index (χ0) is 27.4. The van der Waals surface area contributed by atoms with Gasteiger partial charge in [-0.1, -0.05) is 19.4 Å². The van der Waals surface area contributed by atoms with Crippen molar-refractivity contribution in [3.8, 4) is 11.5 Å². The van der Waals surface area contributed by atoms with Gasteiger partial charge in [0.25, 0.3) is 0 Å². The van der Waals surface area contributed by atoms with E-state index in [-0.39, 0.29) is 25.2 Å². The van der Waals surface area contributed by atoms with Gasteiger partial charge in [-0.2, -0.15) is 0 Å². The minimum Gasteiger partial charge on any atom is -0.481 e. The van der Waals surface area contributed by atoms with Crippen molar-refractivity contribution in [2.24, 2.45) is 5.92 Å². The van der Waals surface area contributed by atoms with Crippen LogP contribution in [0.3, 0.4) is 0 Å². The third-order valence-corrected chi connectivity index (χ3v) is 7.51. The van der Waals surface area contributed by atoms with Crippen LogP contribution in [0.4, 0.5) is 5.69 Å². The molecule has 1 aromatic carbocycles. The average molecular weight is 535 g/mol. The number of nitrogens with zero attached hydrogens (tertiary/aromatic N) is 4. The fourth-order valence-electron chi connectivity index (χ4n) is 5.61. The summed E-state index contributed by atoms with van der Waals surface area (Å²) in [6.45, 7) is 5.15. The maximum absolute atomic E-state index is 13.7. The Balaban J connectivity index is 1.43. The summed E-state index contributed by atoms with van der Waals surface area (Å²) >= 11 is 0.